The molecule has 0 saturated carbocycles. The summed E-state index contributed by atoms with van der Waals surface area (Å²) in [5.41, 5.74) is 2.73. The number of rotatable bonds is 2. The number of carbonyl (C=O) groups is 1. The van der Waals surface area contributed by atoms with E-state index in [1.807, 2.05) is 72.0 Å². The molecule has 0 aliphatic carbocycles. The molecule has 2 rings (SSSR count). The van der Waals surface area contributed by atoms with Crippen molar-refractivity contribution in [3.8, 4) is 0 Å². The molecule has 0 aliphatic rings. The number of hydrogen-bond donors (Lipinski definition) is 0. The van der Waals surface area contributed by atoms with Gasteiger partial charge >= 0.3 is 116 Å². The second-order valence-electron chi connectivity index (χ2n) is 4.28. The van der Waals surface area contributed by atoms with Crippen molar-refractivity contribution in [2.75, 3.05) is 11.9 Å². The van der Waals surface area contributed by atoms with Crippen LogP contribution in [0.5, 0.6) is 0 Å². The topological polar surface area (TPSA) is 20.3 Å². The van der Waals surface area contributed by atoms with Gasteiger partial charge in [-0.25, -0.2) is 0 Å². The van der Waals surface area contributed by atoms with Gasteiger partial charge in [0.25, 0.3) is 0 Å². The molecule has 0 spiro atoms. The molecular formula is C15H14GeNO. The first-order valence-electron chi connectivity index (χ1n) is 5.74. The molecule has 0 aromatic heterocycles. The van der Waals surface area contributed by atoms with Crippen LogP contribution in [0.1, 0.15) is 15.9 Å². The zero-order valence-corrected chi connectivity index (χ0v) is 12.6. The van der Waals surface area contributed by atoms with Gasteiger partial charge < -0.3 is 0 Å². The fourth-order valence-electron chi connectivity index (χ4n) is 1.77. The van der Waals surface area contributed by atoms with Gasteiger partial charge in [0.2, 0.25) is 0 Å². The molecule has 0 fully saturated rings. The Morgan fingerprint density at radius 2 is 1.78 bits per heavy atom. The predicted molar refractivity (Wildman–Crippen MR) is 75.7 cm³/mol. The Balaban J connectivity index is 2.26. The molecule has 18 heavy (non-hydrogen) atoms. The Labute approximate surface area is 116 Å². The second kappa shape index (κ2) is 5.40. The number of hydrogen-bond acceptors (Lipinski definition) is 1. The van der Waals surface area contributed by atoms with Crippen LogP contribution >= 0.6 is 0 Å². The molecule has 3 heteroatoms. The van der Waals surface area contributed by atoms with Crippen LogP contribution in [0.15, 0.2) is 48.5 Å². The van der Waals surface area contributed by atoms with Crippen molar-refractivity contribution in [1.82, 2.24) is 0 Å². The van der Waals surface area contributed by atoms with E-state index in [1.54, 1.807) is 11.9 Å². The van der Waals surface area contributed by atoms with Crippen molar-refractivity contribution in [3.05, 3.63) is 59.7 Å². The maximum atomic E-state index is 12.3. The third-order valence-corrected chi connectivity index (χ3v) is 3.52. The fraction of sp³-hybridized carbons (Fsp3) is 0.133. The fourth-order valence-corrected chi connectivity index (χ4v) is 2.12. The van der Waals surface area contributed by atoms with Crippen LogP contribution in [0.3, 0.4) is 0 Å². The first kappa shape index (κ1) is 12.9. The number of nitrogens with zero attached hydrogens (tertiary/aromatic N) is 1. The van der Waals surface area contributed by atoms with E-state index in [0.717, 1.165) is 16.8 Å². The molecule has 0 atom stereocenters. The van der Waals surface area contributed by atoms with Crippen LogP contribution in [0.4, 0.5) is 5.69 Å². The van der Waals surface area contributed by atoms with E-state index in [0.29, 0.717) is 0 Å². The average molecular weight is 297 g/mol. The van der Waals surface area contributed by atoms with E-state index in [9.17, 15) is 4.79 Å². The molecule has 2 aromatic rings. The average Bonchev–Trinajstić information content (AvgIpc) is 2.38. The molecule has 3 radical (unpaired) electrons. The first-order valence-corrected chi connectivity index (χ1v) is 6.79. The number of amides is 1. The standard InChI is InChI=1S/C15H14GeNO/c1-11-4-3-5-12(10-11)15(18)17(2)14-8-6-13(16)7-9-14/h3-10H,1-2H3. The Bertz CT molecular complexity index is 563. The normalized spacial score (nSPS) is 10.2. The molecule has 0 heterocycles. The van der Waals surface area contributed by atoms with E-state index in [4.69, 9.17) is 0 Å². The van der Waals surface area contributed by atoms with Gasteiger partial charge in [-0.1, -0.05) is 0 Å². The summed E-state index contributed by atoms with van der Waals surface area (Å²) in [5, 5.41) is 0. The van der Waals surface area contributed by atoms with Gasteiger partial charge in [0.05, 0.1) is 0 Å². The minimum absolute atomic E-state index is 0.0163. The summed E-state index contributed by atoms with van der Waals surface area (Å²) in [7, 11) is 1.80. The van der Waals surface area contributed by atoms with E-state index in [2.05, 4.69) is 0 Å². The summed E-state index contributed by atoms with van der Waals surface area (Å²) in [6, 6.07) is 15.6. The van der Waals surface area contributed by atoms with Crippen LogP contribution in [0, 0.1) is 6.92 Å². The van der Waals surface area contributed by atoms with Crippen LogP contribution in [0.25, 0.3) is 0 Å². The van der Waals surface area contributed by atoms with E-state index < -0.39 is 0 Å². The summed E-state index contributed by atoms with van der Waals surface area (Å²) in [5.74, 6) is 0.0163. The number of anilines is 1. The summed E-state index contributed by atoms with van der Waals surface area (Å²) in [6.45, 7) is 1.99. The van der Waals surface area contributed by atoms with Gasteiger partial charge in [-0.3, -0.25) is 0 Å². The van der Waals surface area contributed by atoms with Crippen molar-refractivity contribution in [2.24, 2.45) is 0 Å². The SMILES string of the molecule is Cc1cccc(C(=O)N(C)c2cc[c]([Ge])cc2)c1. The zero-order chi connectivity index (χ0) is 13.1. The van der Waals surface area contributed by atoms with Gasteiger partial charge in [0.1, 0.15) is 0 Å². The summed E-state index contributed by atoms with van der Waals surface area (Å²) in [4.78, 5) is 14.0. The Morgan fingerprint density at radius 3 is 2.39 bits per heavy atom. The zero-order valence-electron chi connectivity index (χ0n) is 10.5. The molecule has 0 saturated heterocycles. The van der Waals surface area contributed by atoms with Gasteiger partial charge in [-0.05, 0) is 0 Å². The van der Waals surface area contributed by atoms with Gasteiger partial charge in [-0.2, -0.15) is 0 Å². The number of aryl methyl sites for hydroxylation is 1. The molecule has 2 aromatic carbocycles. The second-order valence-corrected chi connectivity index (χ2v) is 5.49. The van der Waals surface area contributed by atoms with E-state index >= 15 is 0 Å². The Hall–Kier alpha value is -1.55. The third-order valence-electron chi connectivity index (χ3n) is 2.82. The molecule has 89 valence electrons. The van der Waals surface area contributed by atoms with Gasteiger partial charge in [0.15, 0.2) is 0 Å². The quantitative estimate of drug-likeness (QED) is 0.777. The summed E-state index contributed by atoms with van der Waals surface area (Å²) < 4.78 is 1.19. The van der Waals surface area contributed by atoms with Crippen LogP contribution in [-0.4, -0.2) is 29.5 Å². The first-order chi connectivity index (χ1) is 8.58. The summed E-state index contributed by atoms with van der Waals surface area (Å²) in [6.07, 6.45) is 0. The Morgan fingerprint density at radius 1 is 1.11 bits per heavy atom. The molecular weight excluding hydrogens is 283 g/mol. The van der Waals surface area contributed by atoms with Crippen LogP contribution < -0.4 is 9.30 Å². The van der Waals surface area contributed by atoms with E-state index in [-0.39, 0.29) is 5.91 Å². The predicted octanol–water partition coefficient (Wildman–Crippen LogP) is 2.07. The third kappa shape index (κ3) is 2.82. The molecule has 1 amide bonds. The molecule has 0 unspecified atom stereocenters. The van der Waals surface area contributed by atoms with Gasteiger partial charge in [0, 0.05) is 0 Å². The molecule has 0 bridgehead atoms. The summed E-state index contributed by atoms with van der Waals surface area (Å²) >= 11 is 2.03. The number of carbonyl (C=O) groups excluding carboxylic acids is 1. The van der Waals surface area contributed by atoms with Crippen molar-refractivity contribution in [2.45, 2.75) is 6.92 Å². The minimum atomic E-state index is 0.0163. The molecule has 2 nitrogen and oxygen atoms in total. The van der Waals surface area contributed by atoms with Crippen molar-refractivity contribution >= 4 is 32.5 Å². The number of benzene rings is 2. The monoisotopic (exact) mass is 298 g/mol. The van der Waals surface area contributed by atoms with Crippen molar-refractivity contribution in [3.63, 3.8) is 0 Å². The van der Waals surface area contributed by atoms with Crippen LogP contribution in [0.2, 0.25) is 0 Å². The van der Waals surface area contributed by atoms with E-state index in [1.165, 1.54) is 4.40 Å². The Kier molecular flexibility index (Phi) is 3.87. The van der Waals surface area contributed by atoms with Crippen molar-refractivity contribution in [1.29, 1.82) is 0 Å². The van der Waals surface area contributed by atoms with Crippen LogP contribution in [-0.2, 0) is 0 Å². The molecule has 0 aliphatic heterocycles. The maximum absolute atomic E-state index is 12.3. The van der Waals surface area contributed by atoms with Gasteiger partial charge in [-0.15, -0.1) is 0 Å². The molecule has 0 N–H and O–H groups in total. The van der Waals surface area contributed by atoms with Crippen molar-refractivity contribution < 1.29 is 4.79 Å².